The van der Waals surface area contributed by atoms with E-state index in [1.54, 1.807) is 0 Å². The Labute approximate surface area is 145 Å². The van der Waals surface area contributed by atoms with Crippen LogP contribution in [-0.4, -0.2) is 37.9 Å². The smallest absolute Gasteiger partial charge is 0.332 e. The number of hydrogen-bond acceptors (Lipinski definition) is 6. The zero-order chi connectivity index (χ0) is 17.8. The number of carbonyl (C=O) groups excluding carboxylic acids is 2. The molecule has 6 nitrogen and oxygen atoms in total. The van der Waals surface area contributed by atoms with Gasteiger partial charge in [-0.1, -0.05) is 48.5 Å². The number of anilines is 1. The molecule has 2 aromatic rings. The largest absolute Gasteiger partial charge is 0.468 e. The third-order valence-electron chi connectivity index (χ3n) is 4.08. The highest BCUT2D eigenvalue weighted by molar-refractivity contribution is 6.17. The molecule has 0 fully saturated rings. The van der Waals surface area contributed by atoms with Crippen molar-refractivity contribution < 1.29 is 19.1 Å². The minimum Gasteiger partial charge on any atom is -0.468 e. The Morgan fingerprint density at radius 3 is 2.00 bits per heavy atom. The molecule has 6 heteroatoms. The molecule has 1 aliphatic heterocycles. The predicted molar refractivity (Wildman–Crippen MR) is 93.2 cm³/mol. The van der Waals surface area contributed by atoms with Gasteiger partial charge in [0.1, 0.15) is 5.92 Å². The van der Waals surface area contributed by atoms with E-state index >= 15 is 0 Å². The molecule has 0 spiro atoms. The lowest BCUT2D eigenvalue weighted by molar-refractivity contribution is -0.150. The molecule has 0 bridgehead atoms. The summed E-state index contributed by atoms with van der Waals surface area (Å²) in [4.78, 5) is 24.9. The van der Waals surface area contributed by atoms with Gasteiger partial charge < -0.3 is 9.47 Å². The highest BCUT2D eigenvalue weighted by atomic mass is 16.5. The molecule has 25 heavy (non-hydrogen) atoms. The van der Waals surface area contributed by atoms with Crippen molar-refractivity contribution in [1.29, 1.82) is 0 Å². The van der Waals surface area contributed by atoms with Crippen LogP contribution in [0.4, 0.5) is 5.69 Å². The van der Waals surface area contributed by atoms with Gasteiger partial charge in [0.15, 0.2) is 6.04 Å². The van der Waals surface area contributed by atoms with Crippen LogP contribution in [0.5, 0.6) is 0 Å². The van der Waals surface area contributed by atoms with E-state index in [2.05, 4.69) is 5.10 Å². The fourth-order valence-electron chi connectivity index (χ4n) is 2.90. The molecule has 0 amide bonds. The molecule has 1 heterocycles. The van der Waals surface area contributed by atoms with Gasteiger partial charge in [0.25, 0.3) is 0 Å². The quantitative estimate of drug-likeness (QED) is 0.800. The second kappa shape index (κ2) is 7.17. The van der Waals surface area contributed by atoms with Crippen LogP contribution in [0.25, 0.3) is 0 Å². The summed E-state index contributed by atoms with van der Waals surface area (Å²) in [6.07, 6.45) is 0. The molecule has 0 radical (unpaired) electrons. The van der Waals surface area contributed by atoms with E-state index in [9.17, 15) is 9.59 Å². The van der Waals surface area contributed by atoms with E-state index in [0.29, 0.717) is 11.4 Å². The monoisotopic (exact) mass is 338 g/mol. The summed E-state index contributed by atoms with van der Waals surface area (Å²) in [6.45, 7) is 0. The summed E-state index contributed by atoms with van der Waals surface area (Å²) < 4.78 is 9.87. The standard InChI is InChI=1S/C19H18N2O4/c1-24-18(22)15-16(13-9-5-3-6-10-13)20-21(17(15)19(23)25-2)14-11-7-4-8-12-14/h3-12,15,17H,1-2H3/t15-,17+/m0/s1. The number of esters is 2. The first-order valence-electron chi connectivity index (χ1n) is 7.81. The predicted octanol–water partition coefficient (Wildman–Crippen LogP) is 2.24. The van der Waals surface area contributed by atoms with Crippen molar-refractivity contribution in [2.24, 2.45) is 11.0 Å². The highest BCUT2D eigenvalue weighted by Crippen LogP contribution is 2.32. The molecular formula is C19H18N2O4. The SMILES string of the molecule is COC(=O)[C@H]1C(c2ccccc2)=NN(c2ccccc2)[C@H]1C(=O)OC. The number of para-hydroxylation sites is 1. The average Bonchev–Trinajstić information content (AvgIpc) is 3.08. The van der Waals surface area contributed by atoms with Crippen LogP contribution < -0.4 is 5.01 Å². The lowest BCUT2D eigenvalue weighted by Crippen LogP contribution is -2.45. The fraction of sp³-hybridized carbons (Fsp3) is 0.211. The van der Waals surface area contributed by atoms with Gasteiger partial charge in [-0.15, -0.1) is 0 Å². The first-order valence-corrected chi connectivity index (χ1v) is 7.81. The van der Waals surface area contributed by atoms with E-state index in [1.165, 1.54) is 19.2 Å². The lowest BCUT2D eigenvalue weighted by atomic mass is 9.91. The molecule has 0 unspecified atom stereocenters. The van der Waals surface area contributed by atoms with Crippen LogP contribution in [0.2, 0.25) is 0 Å². The summed E-state index contributed by atoms with van der Waals surface area (Å²) in [5, 5.41) is 6.10. The summed E-state index contributed by atoms with van der Waals surface area (Å²) in [6, 6.07) is 17.5. The molecule has 0 saturated carbocycles. The van der Waals surface area contributed by atoms with Crippen LogP contribution >= 0.6 is 0 Å². The van der Waals surface area contributed by atoms with Crippen molar-refractivity contribution in [2.75, 3.05) is 19.2 Å². The number of ether oxygens (including phenoxy) is 2. The highest BCUT2D eigenvalue weighted by Gasteiger charge is 2.48. The Morgan fingerprint density at radius 1 is 0.880 bits per heavy atom. The van der Waals surface area contributed by atoms with Gasteiger partial charge in [-0.25, -0.2) is 9.80 Å². The van der Waals surface area contributed by atoms with Gasteiger partial charge in [0.05, 0.1) is 25.6 Å². The minimum absolute atomic E-state index is 0.478. The van der Waals surface area contributed by atoms with Crippen LogP contribution in [0, 0.1) is 5.92 Å². The summed E-state index contributed by atoms with van der Waals surface area (Å²) in [7, 11) is 2.59. The molecular weight excluding hydrogens is 320 g/mol. The number of rotatable bonds is 4. The molecule has 2 aromatic carbocycles. The van der Waals surface area contributed by atoms with Crippen molar-refractivity contribution in [3.05, 3.63) is 66.2 Å². The normalized spacial score (nSPS) is 19.3. The zero-order valence-corrected chi connectivity index (χ0v) is 14.0. The molecule has 3 rings (SSSR count). The maximum absolute atomic E-state index is 12.5. The number of hydrogen-bond donors (Lipinski definition) is 0. The molecule has 1 aliphatic rings. The van der Waals surface area contributed by atoms with E-state index in [0.717, 1.165) is 5.56 Å². The third-order valence-corrected chi connectivity index (χ3v) is 4.08. The fourth-order valence-corrected chi connectivity index (χ4v) is 2.90. The van der Waals surface area contributed by atoms with Gasteiger partial charge in [-0.3, -0.25) is 4.79 Å². The van der Waals surface area contributed by atoms with Gasteiger partial charge >= 0.3 is 11.9 Å². The van der Waals surface area contributed by atoms with Crippen molar-refractivity contribution in [1.82, 2.24) is 0 Å². The number of benzene rings is 2. The van der Waals surface area contributed by atoms with Gasteiger partial charge in [-0.2, -0.15) is 5.10 Å². The van der Waals surface area contributed by atoms with Crippen molar-refractivity contribution >= 4 is 23.3 Å². The number of nitrogens with zero attached hydrogens (tertiary/aromatic N) is 2. The van der Waals surface area contributed by atoms with Crippen LogP contribution in [0.3, 0.4) is 0 Å². The Bertz CT molecular complexity index is 790. The molecule has 0 aromatic heterocycles. The Kier molecular flexibility index (Phi) is 4.79. The molecule has 2 atom stereocenters. The van der Waals surface area contributed by atoms with E-state index in [1.807, 2.05) is 60.7 Å². The van der Waals surface area contributed by atoms with E-state index in [-0.39, 0.29) is 0 Å². The number of methoxy groups -OCH3 is 2. The van der Waals surface area contributed by atoms with Gasteiger partial charge in [0.2, 0.25) is 0 Å². The maximum Gasteiger partial charge on any atom is 0.332 e. The minimum atomic E-state index is -0.921. The third kappa shape index (κ3) is 3.10. The van der Waals surface area contributed by atoms with E-state index < -0.39 is 23.9 Å². The van der Waals surface area contributed by atoms with Crippen molar-refractivity contribution in [3.8, 4) is 0 Å². The summed E-state index contributed by atoms with van der Waals surface area (Å²) in [5.41, 5.74) is 1.93. The van der Waals surface area contributed by atoms with Gasteiger partial charge in [-0.05, 0) is 17.7 Å². The summed E-state index contributed by atoms with van der Waals surface area (Å²) in [5.74, 6) is -1.95. The molecule has 0 aliphatic carbocycles. The first kappa shape index (κ1) is 16.7. The van der Waals surface area contributed by atoms with Gasteiger partial charge in [0, 0.05) is 0 Å². The van der Waals surface area contributed by atoms with Crippen LogP contribution in [0.1, 0.15) is 5.56 Å². The second-order valence-corrected chi connectivity index (χ2v) is 5.50. The molecule has 0 N–H and O–H groups in total. The van der Waals surface area contributed by atoms with Crippen LogP contribution in [-0.2, 0) is 19.1 Å². The zero-order valence-electron chi connectivity index (χ0n) is 14.0. The maximum atomic E-state index is 12.5. The van der Waals surface area contributed by atoms with Crippen LogP contribution in [0.15, 0.2) is 65.8 Å². The Hall–Kier alpha value is -3.15. The van der Waals surface area contributed by atoms with Crippen molar-refractivity contribution in [3.63, 3.8) is 0 Å². The molecule has 0 saturated heterocycles. The first-order chi connectivity index (χ1) is 12.2. The summed E-state index contributed by atoms with van der Waals surface area (Å²) >= 11 is 0. The second-order valence-electron chi connectivity index (χ2n) is 5.50. The number of hydrazone groups is 1. The average molecular weight is 338 g/mol. The van der Waals surface area contributed by atoms with E-state index in [4.69, 9.17) is 9.47 Å². The Morgan fingerprint density at radius 2 is 1.44 bits per heavy atom. The number of carbonyl (C=O) groups is 2. The topological polar surface area (TPSA) is 68.2 Å². The Balaban J connectivity index is 2.14. The lowest BCUT2D eigenvalue weighted by Gasteiger charge is -2.24. The van der Waals surface area contributed by atoms with Crippen molar-refractivity contribution in [2.45, 2.75) is 6.04 Å². The molecule has 128 valence electrons.